The molecule has 0 radical (unpaired) electrons. The Morgan fingerprint density at radius 1 is 0.513 bits per heavy atom. The number of nitrogens with two attached hydrogens (primary N) is 2. The van der Waals surface area contributed by atoms with Gasteiger partial charge in [-0.3, -0.25) is 33.4 Å². The van der Waals surface area contributed by atoms with Crippen molar-refractivity contribution in [2.24, 2.45) is 35.1 Å². The van der Waals surface area contributed by atoms with Gasteiger partial charge in [-0.1, -0.05) is 121 Å². The molecule has 22 atom stereocenters. The van der Waals surface area contributed by atoms with Gasteiger partial charge in [0.25, 0.3) is 0 Å². The third kappa shape index (κ3) is 51.6. The fraction of sp³-hybridized carbons (Fsp3) is 0.872. The minimum atomic E-state index is -0.745. The average molecular weight is 1320 g/mol. The third-order valence-corrected chi connectivity index (χ3v) is 36.9. The van der Waals surface area contributed by atoms with Crippen LogP contribution in [0.3, 0.4) is 0 Å². The normalized spacial score (nSPS) is 16.8. The number of nitrogens with zero attached hydrogens (tertiary/aromatic N) is 2. The summed E-state index contributed by atoms with van der Waals surface area (Å²) in [5.41, 5.74) is 11.2. The van der Waals surface area contributed by atoms with Crippen LogP contribution in [0, 0.1) is 23.7 Å². The summed E-state index contributed by atoms with van der Waals surface area (Å²) in [6.45, 7) is 32.9. The van der Waals surface area contributed by atoms with Gasteiger partial charge in [0.2, 0.25) is 23.6 Å². The van der Waals surface area contributed by atoms with Crippen molar-refractivity contribution in [3.63, 3.8) is 0 Å². The Morgan fingerprint density at radius 2 is 0.833 bits per heavy atom. The monoisotopic (exact) mass is 1320 g/mol. The molecule has 0 aliphatic carbocycles. The lowest BCUT2D eigenvalue weighted by Crippen LogP contribution is -2.45. The summed E-state index contributed by atoms with van der Waals surface area (Å²) < 4.78 is 4.61. The molecule has 0 bridgehead atoms. The van der Waals surface area contributed by atoms with Gasteiger partial charge in [0.1, 0.15) is 0 Å². The van der Waals surface area contributed by atoms with Crippen LogP contribution in [0.1, 0.15) is 163 Å². The number of amides is 4. The van der Waals surface area contributed by atoms with Crippen LogP contribution in [0.2, 0.25) is 0 Å². The van der Waals surface area contributed by atoms with E-state index in [0.717, 1.165) is 15.9 Å². The van der Waals surface area contributed by atoms with E-state index in [1.54, 1.807) is 41.5 Å². The Hall–Kier alpha value is 1.23. The van der Waals surface area contributed by atoms with Crippen molar-refractivity contribution < 1.29 is 59.4 Å². The van der Waals surface area contributed by atoms with E-state index in [4.69, 9.17) is 21.7 Å². The summed E-state index contributed by atoms with van der Waals surface area (Å²) in [4.78, 5) is 64.6. The maximum absolute atomic E-state index is 11.6. The molecular weight excluding hydrogens is 1210 g/mol. The lowest BCUT2D eigenvalue weighted by molar-refractivity contribution is -0.140. The number of rotatable bonds is 29. The maximum atomic E-state index is 11.6. The number of carbonyl (C=O) groups is 6. The standard InChI is InChI=1S/C13H26N2O3.C11H28N2O2P4.C10H22N2O2.C6H23N2OP7.C4H8O2.C3H6O2/c1-6-12(17)15-10(5)11(16)7-9(4)14-13(18)8(2)3;1-7(2)11(15)12-8(3)6-10(14)9(4)13(5)19(17)18-16;1-6(2)10(14)12-7(3)5-9(13)8(4)11;1-4(7)3-6(9)5(2)8(15(11)12)16(13)14-10;1-3(2)4(5)6;1-2-3(4)5/h8-11,16H,6-7H2,1-5H3,(H,14,18)(H,15,17);7-10,14,18H,6,16-17H2,1-5H3,(H,12,15);6-9,13H,5,11H2,1-4H3,(H,12,14);4-6,9,14H,3,7,10-13H2,1-2H3;3H,1-2H3,(H,5,6);2H2,1H3,(H,4,5). The van der Waals surface area contributed by atoms with E-state index in [1.165, 1.54) is 0 Å². The number of hydrogen-bond donors (Lipinski definition) is 12. The summed E-state index contributed by atoms with van der Waals surface area (Å²) in [6.07, 6.45) is 0.774. The highest BCUT2D eigenvalue weighted by Gasteiger charge is 2.29. The van der Waals surface area contributed by atoms with E-state index in [-0.39, 0.29) is 131 Å². The average Bonchev–Trinajstić information content (AvgIpc) is 3.33. The van der Waals surface area contributed by atoms with Crippen molar-refractivity contribution in [1.29, 1.82) is 0 Å². The molecule has 0 aromatic rings. The van der Waals surface area contributed by atoms with Crippen LogP contribution in [0.4, 0.5) is 0 Å². The van der Waals surface area contributed by atoms with Crippen molar-refractivity contribution in [3.05, 3.63) is 0 Å². The maximum Gasteiger partial charge on any atom is 0.305 e. The lowest BCUT2D eigenvalue weighted by atomic mass is 10.0. The van der Waals surface area contributed by atoms with Gasteiger partial charge in [-0.2, -0.15) is 0 Å². The van der Waals surface area contributed by atoms with Gasteiger partial charge in [-0.05, 0) is 88.1 Å². The number of carboxylic acids is 2. The molecule has 14 N–H and O–H groups in total. The summed E-state index contributed by atoms with van der Waals surface area (Å²) in [6, 6.07) is -0.423. The zero-order valence-electron chi connectivity index (χ0n) is 50.5. The summed E-state index contributed by atoms with van der Waals surface area (Å²) in [7, 11) is 19.8. The Bertz CT molecular complexity index is 1590. The number of nitrogens with one attached hydrogen (secondary N) is 4. The van der Waals surface area contributed by atoms with Crippen molar-refractivity contribution in [1.82, 2.24) is 30.4 Å². The van der Waals surface area contributed by atoms with Crippen LogP contribution in [0.5, 0.6) is 0 Å². The first kappa shape index (κ1) is 90.4. The van der Waals surface area contributed by atoms with Crippen LogP contribution in [0.15, 0.2) is 0 Å². The van der Waals surface area contributed by atoms with Crippen molar-refractivity contribution in [3.8, 4) is 0 Å². The minimum Gasteiger partial charge on any atom is -0.481 e. The number of carbonyl (C=O) groups excluding carboxylic acids is 4. The molecule has 22 unspecified atom stereocenters. The number of carboxylic acid groups (broad SMARTS) is 2. The van der Waals surface area contributed by atoms with Gasteiger partial charge in [0.05, 0.1) is 36.4 Å². The Morgan fingerprint density at radius 3 is 1.09 bits per heavy atom. The Labute approximate surface area is 492 Å². The Kier molecular flexibility index (Phi) is 60.9. The predicted molar refractivity (Wildman–Crippen MR) is 360 cm³/mol. The quantitative estimate of drug-likeness (QED) is 0.0313. The summed E-state index contributed by atoms with van der Waals surface area (Å²) in [5, 5.41) is 66.7. The van der Waals surface area contributed by atoms with E-state index < -0.39 is 30.3 Å². The molecule has 78 heavy (non-hydrogen) atoms. The van der Waals surface area contributed by atoms with Gasteiger partial charge in [0, 0.05) is 95.2 Å². The second-order valence-corrected chi connectivity index (χ2v) is 44.8. The molecule has 0 spiro atoms. The highest BCUT2D eigenvalue weighted by atomic mass is 32.6. The molecule has 0 saturated carbocycles. The molecule has 0 saturated heterocycles. The first-order valence-electron chi connectivity index (χ1n) is 26.3. The lowest BCUT2D eigenvalue weighted by Gasteiger charge is -2.38. The minimum absolute atomic E-state index is 0.00469. The number of hydrogen-bond acceptors (Lipinski definition) is 14. The number of aliphatic hydroxyl groups excluding tert-OH is 4. The van der Waals surface area contributed by atoms with Crippen molar-refractivity contribution >= 4 is 127 Å². The second-order valence-electron chi connectivity index (χ2n) is 20.4. The van der Waals surface area contributed by atoms with Crippen LogP contribution in [-0.2, 0) is 28.8 Å². The smallest absolute Gasteiger partial charge is 0.305 e. The van der Waals surface area contributed by atoms with Crippen LogP contribution in [-0.4, -0.2) is 155 Å². The molecule has 0 aromatic carbocycles. The fourth-order valence-corrected chi connectivity index (χ4v) is 24.9. The van der Waals surface area contributed by atoms with E-state index in [2.05, 4.69) is 90.9 Å². The van der Waals surface area contributed by atoms with Gasteiger partial charge in [0.15, 0.2) is 0 Å². The van der Waals surface area contributed by atoms with Crippen LogP contribution < -0.4 is 32.7 Å². The van der Waals surface area contributed by atoms with E-state index in [0.29, 0.717) is 32.1 Å². The van der Waals surface area contributed by atoms with Crippen molar-refractivity contribution in [2.75, 3.05) is 7.05 Å². The molecule has 0 aliphatic rings. The largest absolute Gasteiger partial charge is 0.481 e. The van der Waals surface area contributed by atoms with E-state index >= 15 is 0 Å². The topological polar surface area (TPSA) is 330 Å². The molecule has 0 aliphatic heterocycles. The first-order valence-corrected chi connectivity index (χ1v) is 43.9. The predicted octanol–water partition coefficient (Wildman–Crippen LogP) is 8.38. The molecule has 0 aromatic heterocycles. The first-order chi connectivity index (χ1) is 35.5. The molecule has 20 nitrogen and oxygen atoms in total. The zero-order valence-corrected chi connectivity index (χ0v) is 62.1. The molecule has 0 fully saturated rings. The number of likely N-dealkylation sites (N-methyl/N-ethyl adjacent to an activating group) is 1. The summed E-state index contributed by atoms with van der Waals surface area (Å²) in [5.74, 6) is -1.88. The van der Waals surface area contributed by atoms with Gasteiger partial charge < -0.3 is 63.4 Å². The molecule has 468 valence electrons. The highest BCUT2D eigenvalue weighted by molar-refractivity contribution is 8.63. The molecule has 0 heterocycles. The second kappa shape index (κ2) is 52.5. The molecule has 31 heteroatoms. The van der Waals surface area contributed by atoms with Gasteiger partial charge in [-0.25, -0.2) is 4.44 Å². The van der Waals surface area contributed by atoms with E-state index in [1.807, 2.05) is 83.2 Å². The zero-order chi connectivity index (χ0) is 63.1. The SMILES string of the molecule is CC(C)C(=O)O.CC(CC(O)C(C)N(C)P(P)PP)NC(=O)C(C)C.CC(CC(O)C(C)N)NC(=O)C(C)C.CC(N)CC(O)C(C)N(P(P)P)P(P)PP.CCC(=O)NC(C)C(O)CC(C)NC(=O)C(C)C.CCC(=O)O. The molecule has 0 rings (SSSR count). The third-order valence-electron chi connectivity index (χ3n) is 11.0. The van der Waals surface area contributed by atoms with Crippen LogP contribution in [0.25, 0.3) is 0 Å². The summed E-state index contributed by atoms with van der Waals surface area (Å²) >= 11 is 0. The van der Waals surface area contributed by atoms with Gasteiger partial charge >= 0.3 is 11.9 Å². The number of aliphatic carboxylic acids is 2. The van der Waals surface area contributed by atoms with Gasteiger partial charge in [-0.15, -0.1) is 17.9 Å². The van der Waals surface area contributed by atoms with Crippen LogP contribution >= 0.6 is 91.8 Å². The fourth-order valence-electron chi connectivity index (χ4n) is 5.41. The Balaban J connectivity index is -0.000000208. The van der Waals surface area contributed by atoms with E-state index in [9.17, 15) is 49.2 Å². The molecular formula is C47H113N8O12P11. The highest BCUT2D eigenvalue weighted by Crippen LogP contribution is 2.78. The number of aliphatic hydroxyl groups is 4. The van der Waals surface area contributed by atoms with Crippen molar-refractivity contribution in [2.45, 2.75) is 236 Å². The molecule has 4 amide bonds.